The second-order valence-electron chi connectivity index (χ2n) is 23.5. The average Bonchev–Trinajstić information content (AvgIpc) is 4.19. The number of aromatic amines is 2. The Balaban J connectivity index is 1.50. The summed E-state index contributed by atoms with van der Waals surface area (Å²) >= 11 is 15.9. The zero-order valence-electron chi connectivity index (χ0n) is 43.8. The molecule has 2 aliphatic heterocycles. The number of H-pyrrole nitrogens is 2. The van der Waals surface area contributed by atoms with E-state index in [-0.39, 0.29) is 21.7 Å². The summed E-state index contributed by atoms with van der Waals surface area (Å²) in [5.74, 6) is 0. The lowest BCUT2D eigenvalue weighted by atomic mass is 9.82. The fourth-order valence-corrected chi connectivity index (χ4v) is 11.8. The molecular formula is C64H66Br4N4. The maximum absolute atomic E-state index is 5.72. The molecule has 7 aromatic rings. The summed E-state index contributed by atoms with van der Waals surface area (Å²) in [6.07, 6.45) is 8.83. The second-order valence-corrected chi connectivity index (χ2v) is 25.8. The Kier molecular flexibility index (Phi) is 14.5. The number of nitrogens with one attached hydrogen (secondary N) is 2. The highest BCUT2D eigenvalue weighted by molar-refractivity contribution is 9.09. The molecule has 5 heterocycles. The molecule has 0 amide bonds. The van der Waals surface area contributed by atoms with E-state index in [1.807, 2.05) is 0 Å². The van der Waals surface area contributed by atoms with Gasteiger partial charge in [0.1, 0.15) is 0 Å². The third-order valence-corrected chi connectivity index (χ3v) is 16.7. The van der Waals surface area contributed by atoms with Gasteiger partial charge in [0.25, 0.3) is 0 Å². The van der Waals surface area contributed by atoms with Gasteiger partial charge in [-0.05, 0) is 137 Å². The third kappa shape index (κ3) is 10.2. The van der Waals surface area contributed by atoms with Gasteiger partial charge in [0, 0.05) is 65.6 Å². The molecule has 0 saturated carbocycles. The summed E-state index contributed by atoms with van der Waals surface area (Å²) in [5, 5.41) is 2.73. The fraction of sp³-hybridized carbons (Fsp3) is 0.312. The monoisotopic (exact) mass is 1210 g/mol. The first-order chi connectivity index (χ1) is 34.0. The Hall–Kier alpha value is -4.60. The van der Waals surface area contributed by atoms with E-state index >= 15 is 0 Å². The highest BCUT2D eigenvalue weighted by Gasteiger charge is 2.27. The van der Waals surface area contributed by atoms with Crippen LogP contribution in [-0.2, 0) is 43.0 Å². The van der Waals surface area contributed by atoms with Gasteiger partial charge in [-0.1, -0.05) is 220 Å². The summed E-state index contributed by atoms with van der Waals surface area (Å²) < 4.78 is 0. The van der Waals surface area contributed by atoms with Crippen molar-refractivity contribution >= 4 is 110 Å². The van der Waals surface area contributed by atoms with E-state index in [0.717, 1.165) is 78.2 Å². The molecule has 0 aliphatic carbocycles. The number of fused-ring (bicyclic) bond motifs is 8. The molecule has 0 unspecified atom stereocenters. The van der Waals surface area contributed by atoms with Crippen molar-refractivity contribution in [3.8, 4) is 44.5 Å². The van der Waals surface area contributed by atoms with Crippen molar-refractivity contribution < 1.29 is 0 Å². The minimum atomic E-state index is -0.0410. The molecule has 0 radical (unpaired) electrons. The van der Waals surface area contributed by atoms with Crippen molar-refractivity contribution in [1.29, 1.82) is 0 Å². The van der Waals surface area contributed by atoms with Crippen LogP contribution in [0.15, 0.2) is 97.1 Å². The normalized spacial score (nSPS) is 13.1. The van der Waals surface area contributed by atoms with Crippen LogP contribution in [0.1, 0.15) is 150 Å². The Bertz CT molecular complexity index is 3180. The minimum absolute atomic E-state index is 0.00176. The van der Waals surface area contributed by atoms with Gasteiger partial charge in [-0.25, -0.2) is 9.97 Å². The zero-order chi connectivity index (χ0) is 51.7. The molecule has 0 saturated heterocycles. The van der Waals surface area contributed by atoms with Crippen LogP contribution in [0.25, 0.3) is 90.9 Å². The van der Waals surface area contributed by atoms with Crippen molar-refractivity contribution in [2.45, 2.75) is 126 Å². The maximum atomic E-state index is 5.72. The zero-order valence-corrected chi connectivity index (χ0v) is 50.1. The van der Waals surface area contributed by atoms with Crippen LogP contribution in [0.3, 0.4) is 0 Å². The first kappa shape index (κ1) is 52.3. The molecule has 4 aromatic carbocycles. The van der Waals surface area contributed by atoms with E-state index in [4.69, 9.17) is 9.97 Å². The van der Waals surface area contributed by atoms with E-state index in [0.29, 0.717) is 21.3 Å². The highest BCUT2D eigenvalue weighted by atomic mass is 79.9. The van der Waals surface area contributed by atoms with E-state index in [9.17, 15) is 0 Å². The number of aromatic nitrogens is 4. The van der Waals surface area contributed by atoms with E-state index in [2.05, 4.69) is 278 Å². The number of benzene rings is 4. The highest BCUT2D eigenvalue weighted by Crippen LogP contribution is 2.45. The van der Waals surface area contributed by atoms with Crippen LogP contribution in [0, 0.1) is 0 Å². The number of hydrogen-bond donors (Lipinski definition) is 2. The molecule has 0 fully saturated rings. The predicted molar refractivity (Wildman–Crippen MR) is 326 cm³/mol. The van der Waals surface area contributed by atoms with Crippen molar-refractivity contribution in [2.24, 2.45) is 0 Å². The summed E-state index contributed by atoms with van der Waals surface area (Å²) in [4.78, 5) is 19.5. The minimum Gasteiger partial charge on any atom is -0.354 e. The lowest BCUT2D eigenvalue weighted by Gasteiger charge is -2.24. The van der Waals surface area contributed by atoms with Crippen LogP contribution >= 0.6 is 63.7 Å². The first-order valence-corrected chi connectivity index (χ1v) is 29.5. The molecular weight excluding hydrogens is 1140 g/mol. The molecule has 8 heteroatoms. The Morgan fingerprint density at radius 3 is 0.819 bits per heavy atom. The van der Waals surface area contributed by atoms with Crippen molar-refractivity contribution in [2.75, 3.05) is 0 Å². The van der Waals surface area contributed by atoms with Gasteiger partial charge in [-0.15, -0.1) is 0 Å². The van der Waals surface area contributed by atoms with Gasteiger partial charge < -0.3 is 9.97 Å². The quantitative estimate of drug-likeness (QED) is 0.149. The van der Waals surface area contributed by atoms with Gasteiger partial charge in [-0.3, -0.25) is 0 Å². The summed E-state index contributed by atoms with van der Waals surface area (Å²) in [6, 6.07) is 36.6. The number of halogens is 4. The molecule has 3 aromatic heterocycles. The van der Waals surface area contributed by atoms with Crippen molar-refractivity contribution in [3.05, 3.63) is 164 Å². The summed E-state index contributed by atoms with van der Waals surface area (Å²) in [5.41, 5.74) is 26.1. The molecule has 9 rings (SSSR count). The summed E-state index contributed by atoms with van der Waals surface area (Å²) in [6.45, 7) is 27.3. The van der Waals surface area contributed by atoms with Crippen LogP contribution < -0.4 is 0 Å². The van der Waals surface area contributed by atoms with Crippen LogP contribution in [0.2, 0.25) is 0 Å². The average molecular weight is 1210 g/mol. The fourth-order valence-electron chi connectivity index (χ4n) is 10.1. The molecule has 2 aliphatic rings. The van der Waals surface area contributed by atoms with Crippen molar-refractivity contribution in [3.63, 3.8) is 0 Å². The smallest absolute Gasteiger partial charge is 0.0737 e. The topological polar surface area (TPSA) is 57.4 Å². The van der Waals surface area contributed by atoms with Gasteiger partial charge in [-0.2, -0.15) is 0 Å². The molecule has 370 valence electrons. The molecule has 0 spiro atoms. The molecule has 0 atom stereocenters. The van der Waals surface area contributed by atoms with E-state index in [1.165, 1.54) is 55.6 Å². The Morgan fingerprint density at radius 1 is 0.319 bits per heavy atom. The SMILES string of the molecule is CC(C)(C)c1ccc(-c2c3nc(c(-c4c(CBr)cc(C(C)(C)C)cc4CBr)c4ccc([nH]4)c(-c4ccc(C(C)(C)C)cc4)c4nc(c(-c5c(CBr)cc(C(C)(C)C)cc5CBr)c5ccc2[nH]5)C=C4)C=C3)cc1. The van der Waals surface area contributed by atoms with Gasteiger partial charge in [0.15, 0.2) is 0 Å². The Labute approximate surface area is 461 Å². The second kappa shape index (κ2) is 19.9. The first-order valence-electron chi connectivity index (χ1n) is 25.0. The van der Waals surface area contributed by atoms with Crippen LogP contribution in [0.4, 0.5) is 0 Å². The number of rotatable bonds is 8. The van der Waals surface area contributed by atoms with Crippen LogP contribution in [0.5, 0.6) is 0 Å². The van der Waals surface area contributed by atoms with E-state index < -0.39 is 0 Å². The van der Waals surface area contributed by atoms with E-state index in [1.54, 1.807) is 0 Å². The maximum Gasteiger partial charge on any atom is 0.0737 e. The number of hydrogen-bond acceptors (Lipinski definition) is 2. The molecule has 72 heavy (non-hydrogen) atoms. The third-order valence-electron chi connectivity index (χ3n) is 14.2. The molecule has 8 bridgehead atoms. The van der Waals surface area contributed by atoms with Gasteiger partial charge in [0.2, 0.25) is 0 Å². The molecule has 4 nitrogen and oxygen atoms in total. The lowest BCUT2D eigenvalue weighted by molar-refractivity contribution is 0.589. The lowest BCUT2D eigenvalue weighted by Crippen LogP contribution is -2.13. The predicted octanol–water partition coefficient (Wildman–Crippen LogP) is 20.1. The largest absolute Gasteiger partial charge is 0.354 e. The Morgan fingerprint density at radius 2 is 0.569 bits per heavy atom. The number of alkyl halides is 4. The standard InChI is InChI=1S/C64H66Br4N4/c1-61(2,3)43-17-13-37(14-18-43)57-47-21-25-51(69-47)59(55-39(33-65)29-45(63(7,8)9)30-40(55)34-66)53-27-23-49(71-53)58(38-15-19-44(20-16-38)62(4,5)6)50-24-28-54(72-50)60(52-26-22-48(57)70-52)56-41(35-67)31-46(64(10,11)12)32-42(56)36-68/h13-32,69,72H,33-36H2,1-12H3. The van der Waals surface area contributed by atoms with Gasteiger partial charge >= 0.3 is 0 Å². The number of nitrogens with zero attached hydrogens (tertiary/aromatic N) is 2. The summed E-state index contributed by atoms with van der Waals surface area (Å²) in [7, 11) is 0. The van der Waals surface area contributed by atoms with Gasteiger partial charge in [0.05, 0.1) is 22.8 Å². The van der Waals surface area contributed by atoms with Crippen LogP contribution in [-0.4, -0.2) is 19.9 Å². The van der Waals surface area contributed by atoms with Crippen molar-refractivity contribution in [1.82, 2.24) is 19.9 Å². The molecule has 2 N–H and O–H groups in total.